The molecule has 0 radical (unpaired) electrons. The molecule has 2 N–H and O–H groups in total. The topological polar surface area (TPSA) is 72.6 Å². The maximum Gasteiger partial charge on any atom is 0.243 e. The van der Waals surface area contributed by atoms with Gasteiger partial charge in [0.15, 0.2) is 0 Å². The van der Waals surface area contributed by atoms with Gasteiger partial charge in [-0.2, -0.15) is 4.31 Å². The lowest BCUT2D eigenvalue weighted by Crippen LogP contribution is -2.50. The highest BCUT2D eigenvalue weighted by Gasteiger charge is 2.35. The van der Waals surface area contributed by atoms with E-state index in [2.05, 4.69) is 15.9 Å². The third-order valence-electron chi connectivity index (χ3n) is 3.73. The van der Waals surface area contributed by atoms with E-state index in [0.717, 1.165) is 10.0 Å². The molecule has 0 saturated carbocycles. The summed E-state index contributed by atoms with van der Waals surface area (Å²) in [4.78, 5) is 0.318. The van der Waals surface area contributed by atoms with E-state index in [1.54, 1.807) is 13.0 Å². The van der Waals surface area contributed by atoms with E-state index in [0.29, 0.717) is 30.2 Å². The van der Waals surface area contributed by atoms with E-state index < -0.39 is 10.0 Å². The Balaban J connectivity index is 2.51. The second-order valence-electron chi connectivity index (χ2n) is 5.47. The molecule has 2 rings (SSSR count). The number of rotatable bonds is 3. The average Bonchev–Trinajstić information content (AvgIpc) is 2.43. The predicted molar refractivity (Wildman–Crippen MR) is 85.5 cm³/mol. The van der Waals surface area contributed by atoms with Crippen LogP contribution in [0.3, 0.4) is 0 Å². The highest BCUT2D eigenvalue weighted by Crippen LogP contribution is 2.30. The normalized spacial score (nSPS) is 24.2. The molecule has 1 aliphatic rings. The largest absolute Gasteiger partial charge is 0.375 e. The van der Waals surface area contributed by atoms with Gasteiger partial charge in [0.1, 0.15) is 0 Å². The average molecular weight is 377 g/mol. The fraction of sp³-hybridized carbons (Fsp3) is 0.571. The van der Waals surface area contributed by atoms with Crippen LogP contribution in [0.15, 0.2) is 21.5 Å². The van der Waals surface area contributed by atoms with Gasteiger partial charge in [-0.25, -0.2) is 8.42 Å². The zero-order valence-electron chi connectivity index (χ0n) is 12.5. The molecule has 0 aliphatic carbocycles. The monoisotopic (exact) mass is 376 g/mol. The van der Waals surface area contributed by atoms with Crippen molar-refractivity contribution in [1.29, 1.82) is 0 Å². The summed E-state index contributed by atoms with van der Waals surface area (Å²) in [6.07, 6.45) is -0.0996. The summed E-state index contributed by atoms with van der Waals surface area (Å²) < 4.78 is 33.8. The van der Waals surface area contributed by atoms with Crippen LogP contribution in [0.25, 0.3) is 0 Å². The minimum absolute atomic E-state index is 0.0996. The summed E-state index contributed by atoms with van der Waals surface area (Å²) >= 11 is 3.42. The number of nitrogens with zero attached hydrogens (tertiary/aromatic N) is 1. The summed E-state index contributed by atoms with van der Waals surface area (Å²) in [6.45, 7) is 6.63. The molecule has 1 fully saturated rings. The molecule has 21 heavy (non-hydrogen) atoms. The van der Waals surface area contributed by atoms with Gasteiger partial charge in [-0.15, -0.1) is 0 Å². The molecule has 0 amide bonds. The van der Waals surface area contributed by atoms with Crippen LogP contribution in [0.2, 0.25) is 0 Å². The van der Waals surface area contributed by atoms with Gasteiger partial charge in [-0.05, 0) is 44.0 Å². The quantitative estimate of drug-likeness (QED) is 0.875. The van der Waals surface area contributed by atoms with E-state index in [-0.39, 0.29) is 12.1 Å². The molecule has 5 nitrogen and oxygen atoms in total. The molecule has 1 heterocycles. The molecule has 7 heteroatoms. The van der Waals surface area contributed by atoms with Crippen LogP contribution in [-0.2, 0) is 21.3 Å². The Morgan fingerprint density at radius 3 is 2.71 bits per heavy atom. The molecule has 118 valence electrons. The third-order valence-corrected chi connectivity index (χ3v) is 6.66. The standard InChI is InChI=1S/C14H21BrN2O3S/c1-9-8-20-10(2)7-17(9)21(18,19)14-5-12(6-16)4-13(15)11(14)3/h4-5,9-10H,6-8,16H2,1-3H3. The molecule has 0 spiro atoms. The Bertz CT molecular complexity index is 633. The number of hydrogen-bond donors (Lipinski definition) is 1. The summed E-state index contributed by atoms with van der Waals surface area (Å²) in [5.41, 5.74) is 7.16. The smallest absolute Gasteiger partial charge is 0.243 e. The Hall–Kier alpha value is -0.470. The summed E-state index contributed by atoms with van der Waals surface area (Å²) in [7, 11) is -3.56. The lowest BCUT2D eigenvalue weighted by molar-refractivity contribution is -0.0170. The first-order valence-electron chi connectivity index (χ1n) is 6.90. The minimum atomic E-state index is -3.56. The number of halogens is 1. The van der Waals surface area contributed by atoms with Crippen LogP contribution in [0, 0.1) is 6.92 Å². The molecule has 1 aliphatic heterocycles. The van der Waals surface area contributed by atoms with Crippen molar-refractivity contribution in [3.63, 3.8) is 0 Å². The van der Waals surface area contributed by atoms with Crippen molar-refractivity contribution < 1.29 is 13.2 Å². The first kappa shape index (κ1) is 16.9. The lowest BCUT2D eigenvalue weighted by atomic mass is 10.1. The van der Waals surface area contributed by atoms with E-state index in [9.17, 15) is 8.42 Å². The first-order valence-corrected chi connectivity index (χ1v) is 9.13. The fourth-order valence-electron chi connectivity index (χ4n) is 2.43. The number of sulfonamides is 1. The Morgan fingerprint density at radius 1 is 1.43 bits per heavy atom. The van der Waals surface area contributed by atoms with E-state index in [4.69, 9.17) is 10.5 Å². The highest BCUT2D eigenvalue weighted by atomic mass is 79.9. The van der Waals surface area contributed by atoms with Crippen LogP contribution in [0.4, 0.5) is 0 Å². The van der Waals surface area contributed by atoms with Gasteiger partial charge in [0.05, 0.1) is 17.6 Å². The van der Waals surface area contributed by atoms with Crippen molar-refractivity contribution in [3.8, 4) is 0 Å². The number of ether oxygens (including phenoxy) is 1. The van der Waals surface area contributed by atoms with Gasteiger partial charge < -0.3 is 10.5 Å². The predicted octanol–water partition coefficient (Wildman–Crippen LogP) is 2.01. The number of hydrogen-bond acceptors (Lipinski definition) is 4. The lowest BCUT2D eigenvalue weighted by Gasteiger charge is -2.36. The van der Waals surface area contributed by atoms with E-state index >= 15 is 0 Å². The van der Waals surface area contributed by atoms with Gasteiger partial charge >= 0.3 is 0 Å². The second kappa shape index (κ2) is 6.34. The van der Waals surface area contributed by atoms with Gasteiger partial charge in [0.25, 0.3) is 0 Å². The van der Waals surface area contributed by atoms with Crippen molar-refractivity contribution in [2.75, 3.05) is 13.2 Å². The minimum Gasteiger partial charge on any atom is -0.375 e. The van der Waals surface area contributed by atoms with Crippen LogP contribution < -0.4 is 5.73 Å². The molecule has 0 aromatic heterocycles. The maximum absolute atomic E-state index is 13.0. The number of benzene rings is 1. The third kappa shape index (κ3) is 3.32. The van der Waals surface area contributed by atoms with Gasteiger partial charge in [0.2, 0.25) is 10.0 Å². The van der Waals surface area contributed by atoms with Crippen molar-refractivity contribution in [2.24, 2.45) is 5.73 Å². The summed E-state index contributed by atoms with van der Waals surface area (Å²) in [6, 6.07) is 3.35. The summed E-state index contributed by atoms with van der Waals surface area (Å²) in [5, 5.41) is 0. The Kier molecular flexibility index (Phi) is 5.10. The molecule has 0 bridgehead atoms. The van der Waals surface area contributed by atoms with E-state index in [1.165, 1.54) is 4.31 Å². The van der Waals surface area contributed by atoms with Crippen molar-refractivity contribution >= 4 is 26.0 Å². The Labute approximate surface area is 134 Å². The summed E-state index contributed by atoms with van der Waals surface area (Å²) in [5.74, 6) is 0. The maximum atomic E-state index is 13.0. The first-order chi connectivity index (χ1) is 9.77. The van der Waals surface area contributed by atoms with Crippen LogP contribution in [0.1, 0.15) is 25.0 Å². The van der Waals surface area contributed by atoms with E-state index in [1.807, 2.05) is 19.9 Å². The SMILES string of the molecule is Cc1c(Br)cc(CN)cc1S(=O)(=O)N1CC(C)OCC1C. The van der Waals surface area contributed by atoms with Gasteiger partial charge in [0, 0.05) is 23.6 Å². The number of morpholine rings is 1. The van der Waals surface area contributed by atoms with Crippen molar-refractivity contribution in [3.05, 3.63) is 27.7 Å². The molecule has 2 atom stereocenters. The Morgan fingerprint density at radius 2 is 2.10 bits per heavy atom. The second-order valence-corrected chi connectivity index (χ2v) is 8.19. The highest BCUT2D eigenvalue weighted by molar-refractivity contribution is 9.10. The molecule has 1 aromatic carbocycles. The molecular formula is C14H21BrN2O3S. The van der Waals surface area contributed by atoms with Gasteiger partial charge in [-0.3, -0.25) is 0 Å². The zero-order chi connectivity index (χ0) is 15.8. The molecule has 2 unspecified atom stereocenters. The fourth-order valence-corrected chi connectivity index (χ4v) is 5.06. The molecular weight excluding hydrogens is 356 g/mol. The van der Waals surface area contributed by atoms with Crippen LogP contribution >= 0.6 is 15.9 Å². The van der Waals surface area contributed by atoms with Crippen molar-refractivity contribution in [1.82, 2.24) is 4.31 Å². The zero-order valence-corrected chi connectivity index (χ0v) is 14.9. The van der Waals surface area contributed by atoms with Crippen LogP contribution in [-0.4, -0.2) is 38.0 Å². The van der Waals surface area contributed by atoms with Crippen molar-refractivity contribution in [2.45, 2.75) is 44.4 Å². The van der Waals surface area contributed by atoms with Gasteiger partial charge in [-0.1, -0.05) is 15.9 Å². The van der Waals surface area contributed by atoms with Crippen LogP contribution in [0.5, 0.6) is 0 Å². The number of nitrogens with two attached hydrogens (primary N) is 1. The molecule has 1 aromatic rings. The molecule has 1 saturated heterocycles.